The van der Waals surface area contributed by atoms with Crippen LogP contribution in [0.3, 0.4) is 0 Å². The van der Waals surface area contributed by atoms with E-state index < -0.39 is 5.97 Å². The molecule has 2 N–H and O–H groups in total. The second-order valence-corrected chi connectivity index (χ2v) is 6.14. The maximum Gasteiger partial charge on any atom is 0.345 e. The summed E-state index contributed by atoms with van der Waals surface area (Å²) in [4.78, 5) is 24.1. The van der Waals surface area contributed by atoms with E-state index in [1.807, 2.05) is 0 Å². The normalized spacial score (nSPS) is 10.4. The van der Waals surface area contributed by atoms with E-state index in [0.29, 0.717) is 24.5 Å². The van der Waals surface area contributed by atoms with Crippen LogP contribution in [0.5, 0.6) is 5.75 Å². The van der Waals surface area contributed by atoms with Gasteiger partial charge in [-0.15, -0.1) is 11.3 Å². The smallest absolute Gasteiger partial charge is 0.345 e. The van der Waals surface area contributed by atoms with E-state index >= 15 is 0 Å². The van der Waals surface area contributed by atoms with Gasteiger partial charge in [0.15, 0.2) is 0 Å². The quantitative estimate of drug-likeness (QED) is 0.680. The van der Waals surface area contributed by atoms with Crippen LogP contribution in [0, 0.1) is 0 Å². The Bertz CT molecular complexity index is 698. The monoisotopic (exact) mass is 349 g/mol. The number of benzene rings is 1. The molecule has 0 fully saturated rings. The molecular weight excluding hydrogens is 330 g/mol. The summed E-state index contributed by atoms with van der Waals surface area (Å²) in [6, 6.07) is 10.2. The number of methoxy groups -OCH3 is 1. The predicted octanol–water partition coefficient (Wildman–Crippen LogP) is 2.79. The molecule has 0 unspecified atom stereocenters. The summed E-state index contributed by atoms with van der Waals surface area (Å²) in [6.07, 6.45) is 0.775. The van der Waals surface area contributed by atoms with Gasteiger partial charge in [0, 0.05) is 30.6 Å². The molecule has 0 spiro atoms. The van der Waals surface area contributed by atoms with Crippen LogP contribution >= 0.6 is 11.3 Å². The Balaban J connectivity index is 1.88. The van der Waals surface area contributed by atoms with Crippen LogP contribution in [0.15, 0.2) is 36.4 Å². The van der Waals surface area contributed by atoms with Gasteiger partial charge in [0.2, 0.25) is 0 Å². The van der Waals surface area contributed by atoms with Crippen molar-refractivity contribution in [3.8, 4) is 5.75 Å². The van der Waals surface area contributed by atoms with Crippen molar-refractivity contribution in [2.45, 2.75) is 13.0 Å². The third-order valence-corrected chi connectivity index (χ3v) is 4.23. The maximum absolute atomic E-state index is 12.2. The van der Waals surface area contributed by atoms with E-state index in [4.69, 9.17) is 14.6 Å². The lowest BCUT2D eigenvalue weighted by molar-refractivity contribution is 0.0702. The van der Waals surface area contributed by atoms with E-state index in [1.165, 1.54) is 6.07 Å². The summed E-state index contributed by atoms with van der Waals surface area (Å²) in [7, 11) is 1.64. The number of carbonyl (C=O) groups is 2. The van der Waals surface area contributed by atoms with Gasteiger partial charge >= 0.3 is 5.97 Å². The van der Waals surface area contributed by atoms with Crippen LogP contribution in [-0.4, -0.2) is 37.3 Å². The van der Waals surface area contributed by atoms with Crippen LogP contribution in [0.1, 0.15) is 31.3 Å². The fourth-order valence-electron chi connectivity index (χ4n) is 1.98. The lowest BCUT2D eigenvalue weighted by Gasteiger charge is -2.08. The molecule has 7 heteroatoms. The summed E-state index contributed by atoms with van der Waals surface area (Å²) >= 11 is 1.15. The van der Waals surface area contributed by atoms with E-state index in [0.717, 1.165) is 22.6 Å². The molecule has 1 heterocycles. The fourth-order valence-corrected chi connectivity index (χ4v) is 2.76. The average molecular weight is 349 g/mol. The van der Waals surface area contributed by atoms with Crippen molar-refractivity contribution in [1.29, 1.82) is 0 Å². The zero-order valence-corrected chi connectivity index (χ0v) is 14.1. The molecule has 0 aliphatic heterocycles. The zero-order chi connectivity index (χ0) is 17.4. The summed E-state index contributed by atoms with van der Waals surface area (Å²) in [6.45, 7) is 1.43. The van der Waals surface area contributed by atoms with Crippen LogP contribution in [0.4, 0.5) is 0 Å². The molecule has 2 aromatic rings. The first-order chi connectivity index (χ1) is 11.6. The van der Waals surface area contributed by atoms with Crippen LogP contribution in [0.2, 0.25) is 0 Å². The van der Waals surface area contributed by atoms with Crippen molar-refractivity contribution in [3.05, 3.63) is 51.7 Å². The number of hydrogen-bond donors (Lipinski definition) is 2. The zero-order valence-electron chi connectivity index (χ0n) is 13.3. The molecule has 6 nitrogen and oxygen atoms in total. The van der Waals surface area contributed by atoms with Crippen molar-refractivity contribution in [3.63, 3.8) is 0 Å². The SMILES string of the molecule is COCCCOc1cccc(C(=O)NCc2ccc(C(=O)O)s2)c1. The Morgan fingerprint density at radius 3 is 2.75 bits per heavy atom. The van der Waals surface area contributed by atoms with Crippen LogP contribution < -0.4 is 10.1 Å². The fraction of sp³-hybridized carbons (Fsp3) is 0.294. The second-order valence-electron chi connectivity index (χ2n) is 4.98. The lowest BCUT2D eigenvalue weighted by Crippen LogP contribution is -2.22. The molecule has 2 rings (SSSR count). The number of carbonyl (C=O) groups excluding carboxylic acids is 1. The number of aromatic carboxylic acids is 1. The first kappa shape index (κ1) is 18.0. The highest BCUT2D eigenvalue weighted by molar-refractivity contribution is 7.13. The minimum absolute atomic E-state index is 0.234. The average Bonchev–Trinajstić information content (AvgIpc) is 3.06. The molecule has 128 valence electrons. The van der Waals surface area contributed by atoms with Gasteiger partial charge < -0.3 is 19.9 Å². The highest BCUT2D eigenvalue weighted by Crippen LogP contribution is 2.17. The van der Waals surface area contributed by atoms with Gasteiger partial charge in [0.1, 0.15) is 10.6 Å². The lowest BCUT2D eigenvalue weighted by atomic mass is 10.2. The van der Waals surface area contributed by atoms with E-state index in [-0.39, 0.29) is 17.3 Å². The minimum atomic E-state index is -0.962. The van der Waals surface area contributed by atoms with E-state index in [1.54, 1.807) is 37.4 Å². The Labute approximate surface area is 144 Å². The molecule has 0 saturated carbocycles. The van der Waals surface area contributed by atoms with Gasteiger partial charge in [-0.3, -0.25) is 4.79 Å². The van der Waals surface area contributed by atoms with Gasteiger partial charge in [-0.05, 0) is 30.3 Å². The Kier molecular flexibility index (Phi) is 6.77. The highest BCUT2D eigenvalue weighted by atomic mass is 32.1. The number of thiophene rings is 1. The number of ether oxygens (including phenoxy) is 2. The molecule has 1 aromatic carbocycles. The van der Waals surface area contributed by atoms with Crippen molar-refractivity contribution >= 4 is 23.2 Å². The molecule has 0 aliphatic carbocycles. The Morgan fingerprint density at radius 2 is 2.04 bits per heavy atom. The van der Waals surface area contributed by atoms with Crippen molar-refractivity contribution in [2.24, 2.45) is 0 Å². The molecule has 0 radical (unpaired) electrons. The number of nitrogens with one attached hydrogen (secondary N) is 1. The summed E-state index contributed by atoms with van der Waals surface area (Å²) in [5, 5.41) is 11.7. The number of rotatable bonds is 9. The van der Waals surface area contributed by atoms with E-state index in [9.17, 15) is 9.59 Å². The number of hydrogen-bond acceptors (Lipinski definition) is 5. The molecule has 0 aliphatic rings. The van der Waals surface area contributed by atoms with Crippen LogP contribution in [-0.2, 0) is 11.3 Å². The van der Waals surface area contributed by atoms with Gasteiger partial charge in [-0.2, -0.15) is 0 Å². The standard InChI is InChI=1S/C17H19NO5S/c1-22-8-3-9-23-13-5-2-4-12(10-13)16(19)18-11-14-6-7-15(24-14)17(20)21/h2,4-7,10H,3,8-9,11H2,1H3,(H,18,19)(H,20,21). The van der Waals surface area contributed by atoms with Gasteiger partial charge in [-0.25, -0.2) is 4.79 Å². The summed E-state index contributed by atoms with van der Waals surface area (Å²) in [5.74, 6) is -0.568. The van der Waals surface area contributed by atoms with Gasteiger partial charge in [0.05, 0.1) is 13.2 Å². The molecule has 0 saturated heterocycles. The van der Waals surface area contributed by atoms with Crippen LogP contribution in [0.25, 0.3) is 0 Å². The predicted molar refractivity (Wildman–Crippen MR) is 90.9 cm³/mol. The van der Waals surface area contributed by atoms with Crippen molar-refractivity contribution in [1.82, 2.24) is 5.32 Å². The topological polar surface area (TPSA) is 84.9 Å². The third kappa shape index (κ3) is 5.36. The summed E-state index contributed by atoms with van der Waals surface area (Å²) < 4.78 is 10.5. The maximum atomic E-state index is 12.2. The first-order valence-electron chi connectivity index (χ1n) is 7.42. The Morgan fingerprint density at radius 1 is 1.21 bits per heavy atom. The molecule has 1 aromatic heterocycles. The Hall–Kier alpha value is -2.38. The van der Waals surface area contributed by atoms with Gasteiger partial charge in [0.25, 0.3) is 5.91 Å². The van der Waals surface area contributed by atoms with Crippen molar-refractivity contribution < 1.29 is 24.2 Å². The third-order valence-electron chi connectivity index (χ3n) is 3.15. The minimum Gasteiger partial charge on any atom is -0.493 e. The molecule has 0 atom stereocenters. The number of carboxylic acid groups (broad SMARTS) is 1. The molecule has 1 amide bonds. The van der Waals surface area contributed by atoms with Crippen molar-refractivity contribution in [2.75, 3.05) is 20.3 Å². The van der Waals surface area contributed by atoms with Gasteiger partial charge in [-0.1, -0.05) is 6.07 Å². The van der Waals surface area contributed by atoms with E-state index in [2.05, 4.69) is 5.32 Å². The molecule has 24 heavy (non-hydrogen) atoms. The summed E-state index contributed by atoms with van der Waals surface area (Å²) in [5.41, 5.74) is 0.495. The molecular formula is C17H19NO5S. The second kappa shape index (κ2) is 9.05. The largest absolute Gasteiger partial charge is 0.493 e. The number of carboxylic acids is 1. The number of amides is 1. The molecule has 0 bridgehead atoms. The highest BCUT2D eigenvalue weighted by Gasteiger charge is 2.10. The first-order valence-corrected chi connectivity index (χ1v) is 8.24.